The molecular weight excluding hydrogens is 309 g/mol. The fourth-order valence-corrected chi connectivity index (χ4v) is 2.87. The summed E-state index contributed by atoms with van der Waals surface area (Å²) in [6.45, 7) is 0. The third kappa shape index (κ3) is 2.28. The molecule has 2 aromatic carbocycles. The van der Waals surface area contributed by atoms with Crippen molar-refractivity contribution in [3.63, 3.8) is 0 Å². The second-order valence-electron chi connectivity index (χ2n) is 5.53. The molecule has 0 unspecified atom stereocenters. The van der Waals surface area contributed by atoms with E-state index in [1.807, 2.05) is 0 Å². The first-order valence-electron chi connectivity index (χ1n) is 7.34. The largest absolute Gasteiger partial charge is 0.508 e. The number of benzene rings is 2. The lowest BCUT2D eigenvalue weighted by Crippen LogP contribution is -1.99. The predicted octanol–water partition coefficient (Wildman–Crippen LogP) is 2.93. The fraction of sp³-hybridized carbons (Fsp3) is 0.0556. The zero-order valence-electron chi connectivity index (χ0n) is 12.5. The molecule has 1 aromatic heterocycles. The van der Waals surface area contributed by atoms with Crippen LogP contribution in [0.4, 0.5) is 4.39 Å². The maximum Gasteiger partial charge on any atom is 0.189 e. The maximum atomic E-state index is 14.3. The number of nitrogens with zero attached hydrogens (tertiary/aromatic N) is 3. The van der Waals surface area contributed by atoms with E-state index in [2.05, 4.69) is 10.1 Å². The highest BCUT2D eigenvalue weighted by Gasteiger charge is 2.26. The van der Waals surface area contributed by atoms with E-state index in [0.717, 1.165) is 0 Å². The molecule has 3 aromatic rings. The number of ketones is 1. The molecule has 118 valence electrons. The third-order valence-electron chi connectivity index (χ3n) is 4.03. The van der Waals surface area contributed by atoms with Gasteiger partial charge in [-0.1, -0.05) is 18.2 Å². The number of hydrogen-bond acceptors (Lipinski definition) is 4. The van der Waals surface area contributed by atoms with Gasteiger partial charge in [0, 0.05) is 23.1 Å². The molecule has 6 heteroatoms. The number of phenols is 1. The van der Waals surface area contributed by atoms with E-state index in [1.54, 1.807) is 36.4 Å². The number of fused-ring (bicyclic) bond motifs is 1. The van der Waals surface area contributed by atoms with Gasteiger partial charge in [0.25, 0.3) is 0 Å². The standard InChI is InChI=1S/C18H12FN3O2/c19-15-7-11(4-5-16(15)22-10-20-9-21-22)6-12-8-14-13(18(12)24)2-1-3-17(14)23/h1-7,9-10,23H,8H2/b12-6-. The molecule has 1 aliphatic rings. The predicted molar refractivity (Wildman–Crippen MR) is 85.4 cm³/mol. The lowest BCUT2D eigenvalue weighted by atomic mass is 10.1. The number of hydrogen-bond donors (Lipinski definition) is 1. The van der Waals surface area contributed by atoms with Gasteiger partial charge in [0.2, 0.25) is 0 Å². The Morgan fingerprint density at radius 3 is 2.83 bits per heavy atom. The third-order valence-corrected chi connectivity index (χ3v) is 4.03. The van der Waals surface area contributed by atoms with Gasteiger partial charge in [-0.2, -0.15) is 5.10 Å². The average molecular weight is 321 g/mol. The van der Waals surface area contributed by atoms with E-state index in [9.17, 15) is 14.3 Å². The number of halogens is 1. The van der Waals surface area contributed by atoms with Crippen LogP contribution in [0, 0.1) is 5.82 Å². The average Bonchev–Trinajstić information content (AvgIpc) is 3.19. The molecule has 0 spiro atoms. The van der Waals surface area contributed by atoms with E-state index in [1.165, 1.54) is 23.4 Å². The monoisotopic (exact) mass is 321 g/mol. The number of carbonyl (C=O) groups excluding carboxylic acids is 1. The van der Waals surface area contributed by atoms with E-state index < -0.39 is 5.82 Å². The first kappa shape index (κ1) is 14.3. The van der Waals surface area contributed by atoms with Crippen molar-refractivity contribution in [1.29, 1.82) is 0 Å². The lowest BCUT2D eigenvalue weighted by Gasteiger charge is -2.04. The van der Waals surface area contributed by atoms with E-state index in [0.29, 0.717) is 28.7 Å². The number of phenolic OH excluding ortho intramolecular Hbond substituents is 1. The smallest absolute Gasteiger partial charge is 0.189 e. The van der Waals surface area contributed by atoms with Crippen molar-refractivity contribution in [2.24, 2.45) is 0 Å². The van der Waals surface area contributed by atoms with Crippen molar-refractivity contribution >= 4 is 11.9 Å². The maximum absolute atomic E-state index is 14.3. The number of aromatic hydroxyl groups is 1. The first-order chi connectivity index (χ1) is 11.6. The summed E-state index contributed by atoms with van der Waals surface area (Å²) >= 11 is 0. The van der Waals surface area contributed by atoms with Gasteiger partial charge in [0.1, 0.15) is 29.9 Å². The molecule has 5 nitrogen and oxygen atoms in total. The van der Waals surface area contributed by atoms with E-state index in [-0.39, 0.29) is 17.2 Å². The Morgan fingerprint density at radius 2 is 2.12 bits per heavy atom. The topological polar surface area (TPSA) is 68.0 Å². The molecule has 0 bridgehead atoms. The summed E-state index contributed by atoms with van der Waals surface area (Å²) in [5.74, 6) is -0.487. The molecule has 0 fully saturated rings. The Labute approximate surface area is 136 Å². The van der Waals surface area contributed by atoms with Gasteiger partial charge in [0.05, 0.1) is 0 Å². The fourth-order valence-electron chi connectivity index (χ4n) is 2.87. The summed E-state index contributed by atoms with van der Waals surface area (Å²) < 4.78 is 15.6. The molecule has 0 atom stereocenters. The minimum atomic E-state index is -0.458. The van der Waals surface area contributed by atoms with Gasteiger partial charge in [-0.3, -0.25) is 4.79 Å². The summed E-state index contributed by atoms with van der Waals surface area (Å²) in [7, 11) is 0. The molecule has 0 radical (unpaired) electrons. The van der Waals surface area contributed by atoms with Crippen molar-refractivity contribution in [1.82, 2.24) is 14.8 Å². The lowest BCUT2D eigenvalue weighted by molar-refractivity contribution is 0.104. The van der Waals surface area contributed by atoms with Crippen LogP contribution in [0.3, 0.4) is 0 Å². The van der Waals surface area contributed by atoms with E-state index >= 15 is 0 Å². The summed E-state index contributed by atoms with van der Waals surface area (Å²) in [4.78, 5) is 16.2. The van der Waals surface area contributed by atoms with Crippen molar-refractivity contribution in [2.45, 2.75) is 6.42 Å². The summed E-state index contributed by atoms with van der Waals surface area (Å²) in [6.07, 6.45) is 4.73. The Bertz CT molecular complexity index is 978. The number of allylic oxidation sites excluding steroid dienone is 1. The Balaban J connectivity index is 1.69. The van der Waals surface area contributed by atoms with Gasteiger partial charge in [-0.05, 0) is 29.8 Å². The molecule has 0 saturated carbocycles. The Morgan fingerprint density at radius 1 is 1.25 bits per heavy atom. The molecule has 24 heavy (non-hydrogen) atoms. The van der Waals surface area contributed by atoms with Crippen molar-refractivity contribution < 1.29 is 14.3 Å². The van der Waals surface area contributed by atoms with Crippen LogP contribution >= 0.6 is 0 Å². The number of carbonyl (C=O) groups is 1. The number of aromatic nitrogens is 3. The van der Waals surface area contributed by atoms with Crippen LogP contribution in [0.25, 0.3) is 11.8 Å². The normalized spacial score (nSPS) is 15.0. The van der Waals surface area contributed by atoms with Crippen LogP contribution in [-0.2, 0) is 6.42 Å². The molecule has 4 rings (SSSR count). The zero-order valence-corrected chi connectivity index (χ0v) is 12.5. The second-order valence-corrected chi connectivity index (χ2v) is 5.53. The van der Waals surface area contributed by atoms with E-state index in [4.69, 9.17) is 0 Å². The van der Waals surface area contributed by atoms with Gasteiger partial charge < -0.3 is 5.11 Å². The zero-order chi connectivity index (χ0) is 16.7. The van der Waals surface area contributed by atoms with Crippen LogP contribution in [0.5, 0.6) is 5.75 Å². The SMILES string of the molecule is O=C1/C(=C\c2ccc(-n3cncn3)c(F)c2)Cc2c(O)cccc21. The summed E-state index contributed by atoms with van der Waals surface area (Å²) in [5.41, 5.74) is 2.51. The van der Waals surface area contributed by atoms with Crippen LogP contribution < -0.4 is 0 Å². The minimum absolute atomic E-state index is 0.108. The number of Topliss-reactive ketones (excluding diaryl/α,β-unsaturated/α-hetero) is 1. The molecular formula is C18H12FN3O2. The van der Waals surface area contributed by atoms with Crippen LogP contribution in [-0.4, -0.2) is 25.7 Å². The molecule has 0 saturated heterocycles. The minimum Gasteiger partial charge on any atom is -0.508 e. The van der Waals surface area contributed by atoms with Gasteiger partial charge >= 0.3 is 0 Å². The van der Waals surface area contributed by atoms with Crippen molar-refractivity contribution in [2.75, 3.05) is 0 Å². The highest BCUT2D eigenvalue weighted by atomic mass is 19.1. The second kappa shape index (κ2) is 5.42. The van der Waals surface area contributed by atoms with Gasteiger partial charge in [-0.15, -0.1) is 0 Å². The molecule has 1 aliphatic carbocycles. The highest BCUT2D eigenvalue weighted by Crippen LogP contribution is 2.33. The first-order valence-corrected chi connectivity index (χ1v) is 7.34. The van der Waals surface area contributed by atoms with Gasteiger partial charge in [-0.25, -0.2) is 14.1 Å². The Hall–Kier alpha value is -3.28. The number of rotatable bonds is 2. The summed E-state index contributed by atoms with van der Waals surface area (Å²) in [5, 5.41) is 13.8. The van der Waals surface area contributed by atoms with Crippen molar-refractivity contribution in [3.8, 4) is 11.4 Å². The van der Waals surface area contributed by atoms with Crippen LogP contribution in [0.15, 0.2) is 54.6 Å². The van der Waals surface area contributed by atoms with Crippen LogP contribution in [0.2, 0.25) is 0 Å². The molecule has 0 amide bonds. The Kier molecular flexibility index (Phi) is 3.23. The molecule has 0 aliphatic heterocycles. The molecule has 1 N–H and O–H groups in total. The molecule has 1 heterocycles. The summed E-state index contributed by atoms with van der Waals surface area (Å²) in [6, 6.07) is 9.53. The van der Waals surface area contributed by atoms with Crippen LogP contribution in [0.1, 0.15) is 21.5 Å². The highest BCUT2D eigenvalue weighted by molar-refractivity contribution is 6.16. The van der Waals surface area contributed by atoms with Gasteiger partial charge in [0.15, 0.2) is 5.78 Å². The quantitative estimate of drug-likeness (QED) is 0.737. The van der Waals surface area contributed by atoms with Crippen molar-refractivity contribution in [3.05, 3.63) is 77.1 Å².